The van der Waals surface area contributed by atoms with Crippen LogP contribution in [0.3, 0.4) is 0 Å². The number of halogens is 2. The summed E-state index contributed by atoms with van der Waals surface area (Å²) in [6.07, 6.45) is 0. The predicted molar refractivity (Wildman–Crippen MR) is 72.5 cm³/mol. The van der Waals surface area contributed by atoms with E-state index in [4.69, 9.17) is 5.11 Å². The van der Waals surface area contributed by atoms with E-state index in [1.807, 2.05) is 0 Å². The maximum Gasteiger partial charge on any atom is 0.323 e. The molecule has 1 aromatic carbocycles. The number of carboxylic acids is 1. The van der Waals surface area contributed by atoms with E-state index < -0.39 is 29.8 Å². The Kier molecular flexibility index (Phi) is 4.68. The highest BCUT2D eigenvalue weighted by Gasteiger charge is 2.30. The van der Waals surface area contributed by atoms with Gasteiger partial charge in [0.25, 0.3) is 5.91 Å². The SMILES string of the molecule is CC(C)(C)N(CC(=O)O)C(=O)c1ccc(Br)cc1F. The summed E-state index contributed by atoms with van der Waals surface area (Å²) >= 11 is 3.10. The number of aliphatic carboxylic acids is 1. The van der Waals surface area contributed by atoms with Crippen LogP contribution in [0, 0.1) is 5.82 Å². The molecule has 0 unspecified atom stereocenters. The van der Waals surface area contributed by atoms with E-state index in [0.717, 1.165) is 4.90 Å². The smallest absolute Gasteiger partial charge is 0.323 e. The first-order valence-electron chi connectivity index (χ1n) is 5.61. The zero-order valence-corrected chi connectivity index (χ0v) is 12.5. The van der Waals surface area contributed by atoms with E-state index in [2.05, 4.69) is 15.9 Å². The van der Waals surface area contributed by atoms with Gasteiger partial charge in [0, 0.05) is 10.0 Å². The van der Waals surface area contributed by atoms with Crippen molar-refractivity contribution in [1.29, 1.82) is 0 Å². The molecular formula is C13H15BrFNO3. The summed E-state index contributed by atoms with van der Waals surface area (Å²) < 4.78 is 14.3. The molecule has 19 heavy (non-hydrogen) atoms. The second kappa shape index (κ2) is 5.69. The first kappa shape index (κ1) is 15.6. The Morgan fingerprint density at radius 2 is 1.95 bits per heavy atom. The molecular weight excluding hydrogens is 317 g/mol. The van der Waals surface area contributed by atoms with Gasteiger partial charge in [0.05, 0.1) is 5.56 Å². The lowest BCUT2D eigenvalue weighted by Crippen LogP contribution is -2.48. The first-order valence-corrected chi connectivity index (χ1v) is 6.41. The average molecular weight is 332 g/mol. The Labute approximate surface area is 119 Å². The lowest BCUT2D eigenvalue weighted by atomic mass is 10.0. The van der Waals surface area contributed by atoms with E-state index in [1.54, 1.807) is 20.8 Å². The van der Waals surface area contributed by atoms with Crippen LogP contribution >= 0.6 is 15.9 Å². The molecule has 0 aromatic heterocycles. The summed E-state index contributed by atoms with van der Waals surface area (Å²) in [6, 6.07) is 4.05. The molecule has 0 heterocycles. The highest BCUT2D eigenvalue weighted by Crippen LogP contribution is 2.21. The Morgan fingerprint density at radius 1 is 1.37 bits per heavy atom. The van der Waals surface area contributed by atoms with Crippen LogP contribution in [0.5, 0.6) is 0 Å². The number of hydrogen-bond acceptors (Lipinski definition) is 2. The molecule has 0 atom stereocenters. The van der Waals surface area contributed by atoms with Crippen LogP contribution in [0.4, 0.5) is 4.39 Å². The maximum atomic E-state index is 13.8. The van der Waals surface area contributed by atoms with Crippen LogP contribution in [0.2, 0.25) is 0 Å². The van der Waals surface area contributed by atoms with Crippen molar-refractivity contribution in [2.75, 3.05) is 6.54 Å². The maximum absolute atomic E-state index is 13.8. The number of hydrogen-bond donors (Lipinski definition) is 1. The molecule has 1 aromatic rings. The van der Waals surface area contributed by atoms with Crippen molar-refractivity contribution in [3.05, 3.63) is 34.1 Å². The largest absolute Gasteiger partial charge is 0.480 e. The van der Waals surface area contributed by atoms with E-state index in [0.29, 0.717) is 4.47 Å². The molecule has 0 saturated carbocycles. The first-order chi connectivity index (χ1) is 8.62. The second-order valence-corrected chi connectivity index (χ2v) is 6.00. The van der Waals surface area contributed by atoms with Crippen LogP contribution in [0.25, 0.3) is 0 Å². The van der Waals surface area contributed by atoms with Crippen molar-refractivity contribution >= 4 is 27.8 Å². The van der Waals surface area contributed by atoms with Gasteiger partial charge in [-0.1, -0.05) is 15.9 Å². The second-order valence-electron chi connectivity index (χ2n) is 5.08. The number of nitrogens with zero attached hydrogens (tertiary/aromatic N) is 1. The average Bonchev–Trinajstić information content (AvgIpc) is 2.23. The summed E-state index contributed by atoms with van der Waals surface area (Å²) in [5.74, 6) is -2.46. The fourth-order valence-corrected chi connectivity index (χ4v) is 1.89. The number of carbonyl (C=O) groups excluding carboxylic acids is 1. The van der Waals surface area contributed by atoms with E-state index >= 15 is 0 Å². The summed E-state index contributed by atoms with van der Waals surface area (Å²) in [5.41, 5.74) is -0.853. The van der Waals surface area contributed by atoms with Crippen molar-refractivity contribution in [1.82, 2.24) is 4.90 Å². The van der Waals surface area contributed by atoms with Gasteiger partial charge in [-0.2, -0.15) is 0 Å². The van der Waals surface area contributed by atoms with Crippen LogP contribution in [-0.4, -0.2) is 34.0 Å². The fourth-order valence-electron chi connectivity index (χ4n) is 1.56. The van der Waals surface area contributed by atoms with E-state index in [1.165, 1.54) is 18.2 Å². The molecule has 4 nitrogen and oxygen atoms in total. The lowest BCUT2D eigenvalue weighted by molar-refractivity contribution is -0.138. The Balaban J connectivity index is 3.16. The molecule has 0 fully saturated rings. The minimum Gasteiger partial charge on any atom is -0.480 e. The zero-order chi connectivity index (χ0) is 14.8. The van der Waals surface area contributed by atoms with Gasteiger partial charge < -0.3 is 10.0 Å². The molecule has 104 valence electrons. The predicted octanol–water partition coefficient (Wildman–Crippen LogP) is 2.91. The normalized spacial score (nSPS) is 11.2. The summed E-state index contributed by atoms with van der Waals surface area (Å²) in [6.45, 7) is 4.62. The summed E-state index contributed by atoms with van der Waals surface area (Å²) in [5, 5.41) is 8.86. The Morgan fingerprint density at radius 3 is 2.37 bits per heavy atom. The highest BCUT2D eigenvalue weighted by atomic mass is 79.9. The molecule has 0 aliphatic heterocycles. The van der Waals surface area contributed by atoms with Crippen molar-refractivity contribution in [2.24, 2.45) is 0 Å². The molecule has 0 saturated heterocycles. The molecule has 1 N–H and O–H groups in total. The van der Waals surface area contributed by atoms with Gasteiger partial charge in [-0.15, -0.1) is 0 Å². The van der Waals surface area contributed by atoms with Crippen LogP contribution in [-0.2, 0) is 4.79 Å². The third-order valence-corrected chi connectivity index (χ3v) is 3.00. The molecule has 0 aliphatic carbocycles. The molecule has 1 rings (SSSR count). The van der Waals surface area contributed by atoms with E-state index in [9.17, 15) is 14.0 Å². The van der Waals surface area contributed by atoms with E-state index in [-0.39, 0.29) is 5.56 Å². The van der Waals surface area contributed by atoms with Gasteiger partial charge >= 0.3 is 5.97 Å². The van der Waals surface area contributed by atoms with Gasteiger partial charge in [0.2, 0.25) is 0 Å². The zero-order valence-electron chi connectivity index (χ0n) is 10.9. The number of carbonyl (C=O) groups is 2. The number of carboxylic acid groups (broad SMARTS) is 1. The third-order valence-electron chi connectivity index (χ3n) is 2.51. The molecule has 1 amide bonds. The van der Waals surface area contributed by atoms with Crippen molar-refractivity contribution < 1.29 is 19.1 Å². The topological polar surface area (TPSA) is 57.6 Å². The minimum absolute atomic E-state index is 0.139. The molecule has 0 spiro atoms. The Hall–Kier alpha value is -1.43. The van der Waals surface area contributed by atoms with Gasteiger partial charge in [0.15, 0.2) is 0 Å². The molecule has 0 aliphatic rings. The van der Waals surface area contributed by atoms with Crippen LogP contribution < -0.4 is 0 Å². The number of rotatable bonds is 3. The molecule has 0 radical (unpaired) electrons. The van der Waals surface area contributed by atoms with Gasteiger partial charge in [-0.05, 0) is 39.0 Å². The standard InChI is InChI=1S/C13H15BrFNO3/c1-13(2,3)16(7-11(17)18)12(19)9-5-4-8(14)6-10(9)15/h4-6H,7H2,1-3H3,(H,17,18). The molecule has 0 bridgehead atoms. The van der Waals surface area contributed by atoms with Crippen molar-refractivity contribution in [3.8, 4) is 0 Å². The summed E-state index contributed by atoms with van der Waals surface area (Å²) in [4.78, 5) is 24.2. The fraction of sp³-hybridized carbons (Fsp3) is 0.385. The van der Waals surface area contributed by atoms with Crippen LogP contribution in [0.15, 0.2) is 22.7 Å². The Bertz CT molecular complexity index is 511. The van der Waals surface area contributed by atoms with Gasteiger partial charge in [0.1, 0.15) is 12.4 Å². The number of amides is 1. The monoisotopic (exact) mass is 331 g/mol. The van der Waals surface area contributed by atoms with Crippen LogP contribution in [0.1, 0.15) is 31.1 Å². The quantitative estimate of drug-likeness (QED) is 0.926. The highest BCUT2D eigenvalue weighted by molar-refractivity contribution is 9.10. The minimum atomic E-state index is -1.14. The third kappa shape index (κ3) is 4.02. The molecule has 6 heteroatoms. The summed E-state index contributed by atoms with van der Waals surface area (Å²) in [7, 11) is 0. The number of benzene rings is 1. The van der Waals surface area contributed by atoms with Gasteiger partial charge in [-0.3, -0.25) is 9.59 Å². The lowest BCUT2D eigenvalue weighted by Gasteiger charge is -2.34. The van der Waals surface area contributed by atoms with Gasteiger partial charge in [-0.25, -0.2) is 4.39 Å². The van der Waals surface area contributed by atoms with Crippen molar-refractivity contribution in [2.45, 2.75) is 26.3 Å². The van der Waals surface area contributed by atoms with Crippen molar-refractivity contribution in [3.63, 3.8) is 0 Å².